The van der Waals surface area contributed by atoms with E-state index in [1.165, 1.54) is 6.20 Å². The Morgan fingerprint density at radius 1 is 2.00 bits per heavy atom. The van der Waals surface area contributed by atoms with Gasteiger partial charge in [-0.05, 0) is 0 Å². The lowest BCUT2D eigenvalue weighted by molar-refractivity contribution is 0.451. The average molecular weight is 136 g/mol. The quantitative estimate of drug-likeness (QED) is 0.361. The maximum absolute atomic E-state index is 12.2. The Kier molecular flexibility index (Phi) is 1.43. The van der Waals surface area contributed by atoms with Crippen LogP contribution in [0.15, 0.2) is 12.0 Å². The predicted octanol–water partition coefficient (Wildman–Crippen LogP) is 1.70. The molecule has 0 aromatic rings. The molecule has 0 fully saturated rings. The molecule has 0 radical (unpaired) electrons. The van der Waals surface area contributed by atoms with E-state index in [1.807, 2.05) is 0 Å². The minimum atomic E-state index is -0.171. The van der Waals surface area contributed by atoms with Crippen molar-refractivity contribution in [1.29, 1.82) is 0 Å². The number of hydrogen-bond donors (Lipinski definition) is 0. The minimum absolute atomic E-state index is 0.132. The van der Waals surface area contributed by atoms with Crippen molar-refractivity contribution in [3.05, 3.63) is 12.0 Å². The van der Waals surface area contributed by atoms with Crippen LogP contribution in [0.2, 0.25) is 0 Å². The molecular formula is C5H7ClFN. The molecule has 0 saturated carbocycles. The zero-order chi connectivity index (χ0) is 6.15. The van der Waals surface area contributed by atoms with Crippen molar-refractivity contribution in [1.82, 2.24) is 4.90 Å². The fourth-order valence-electron chi connectivity index (χ4n) is 0.659. The monoisotopic (exact) mass is 135 g/mol. The Morgan fingerprint density at radius 2 is 2.62 bits per heavy atom. The lowest BCUT2D eigenvalue weighted by atomic mass is 10.4. The lowest BCUT2D eigenvalue weighted by Crippen LogP contribution is -2.14. The van der Waals surface area contributed by atoms with E-state index in [4.69, 9.17) is 11.6 Å². The molecule has 1 unspecified atom stereocenters. The van der Waals surface area contributed by atoms with Crippen LogP contribution in [0, 0.1) is 0 Å². The second-order valence-electron chi connectivity index (χ2n) is 1.88. The van der Waals surface area contributed by atoms with Crippen LogP contribution in [0.25, 0.3) is 0 Å². The molecule has 1 atom stereocenters. The van der Waals surface area contributed by atoms with Crippen LogP contribution >= 0.6 is 11.6 Å². The maximum atomic E-state index is 12.2. The number of nitrogens with zero attached hydrogens (tertiary/aromatic N) is 1. The molecule has 3 heteroatoms. The average Bonchev–Trinajstić information content (AvgIpc) is 1.85. The molecule has 0 saturated heterocycles. The topological polar surface area (TPSA) is 3.24 Å². The first-order chi connectivity index (χ1) is 3.70. The van der Waals surface area contributed by atoms with Crippen LogP contribution in [0.4, 0.5) is 4.39 Å². The van der Waals surface area contributed by atoms with Crippen molar-refractivity contribution in [3.63, 3.8) is 0 Å². The van der Waals surface area contributed by atoms with Crippen LogP contribution in [0.1, 0.15) is 6.42 Å². The van der Waals surface area contributed by atoms with Crippen molar-refractivity contribution in [2.45, 2.75) is 11.9 Å². The third-order valence-electron chi connectivity index (χ3n) is 1.15. The van der Waals surface area contributed by atoms with Gasteiger partial charge in [-0.15, -0.1) is 0 Å². The van der Waals surface area contributed by atoms with Gasteiger partial charge in [0.25, 0.3) is 0 Å². The third-order valence-corrected chi connectivity index (χ3v) is 1.61. The molecule has 1 heterocycles. The molecule has 0 N–H and O–H groups in total. The van der Waals surface area contributed by atoms with Crippen LogP contribution in [0.5, 0.6) is 0 Å². The number of halogens is 2. The van der Waals surface area contributed by atoms with Gasteiger partial charge in [0.05, 0.1) is 0 Å². The summed E-state index contributed by atoms with van der Waals surface area (Å²) < 4.78 is 12.2. The van der Waals surface area contributed by atoms with Crippen LogP contribution in [0.3, 0.4) is 0 Å². The molecular weight excluding hydrogens is 129 g/mol. The van der Waals surface area contributed by atoms with E-state index >= 15 is 0 Å². The Labute approximate surface area is 52.7 Å². The van der Waals surface area contributed by atoms with Crippen LogP contribution in [-0.4, -0.2) is 17.4 Å². The minimum Gasteiger partial charge on any atom is -0.362 e. The summed E-state index contributed by atoms with van der Waals surface area (Å²) in [6.45, 7) is 0. The SMILES string of the molecule is CN1C=C(F)CC1Cl. The van der Waals surface area contributed by atoms with E-state index in [1.54, 1.807) is 11.9 Å². The van der Waals surface area contributed by atoms with Crippen molar-refractivity contribution in [2.24, 2.45) is 0 Å². The molecule has 0 aromatic carbocycles. The largest absolute Gasteiger partial charge is 0.362 e. The molecule has 1 rings (SSSR count). The number of hydrogen-bond acceptors (Lipinski definition) is 1. The van der Waals surface area contributed by atoms with Gasteiger partial charge in [0.15, 0.2) is 0 Å². The Bertz CT molecular complexity index is 124. The Hall–Kier alpha value is -0.240. The van der Waals surface area contributed by atoms with Gasteiger partial charge < -0.3 is 4.90 Å². The highest BCUT2D eigenvalue weighted by atomic mass is 35.5. The molecule has 0 bridgehead atoms. The fraction of sp³-hybridized carbons (Fsp3) is 0.600. The Morgan fingerprint density at radius 3 is 2.75 bits per heavy atom. The highest BCUT2D eigenvalue weighted by molar-refractivity contribution is 6.20. The van der Waals surface area contributed by atoms with Gasteiger partial charge in [0.1, 0.15) is 11.3 Å². The molecule has 1 aliphatic rings. The summed E-state index contributed by atoms with van der Waals surface area (Å²) in [5, 5.41) is 0. The number of alkyl halides is 1. The summed E-state index contributed by atoms with van der Waals surface area (Å²) in [5.41, 5.74) is -0.171. The van der Waals surface area contributed by atoms with Gasteiger partial charge in [-0.1, -0.05) is 11.6 Å². The van der Waals surface area contributed by atoms with Gasteiger partial charge in [-0.25, -0.2) is 4.39 Å². The van der Waals surface area contributed by atoms with E-state index in [-0.39, 0.29) is 11.3 Å². The van der Waals surface area contributed by atoms with E-state index in [9.17, 15) is 4.39 Å². The molecule has 1 aliphatic heterocycles. The summed E-state index contributed by atoms with van der Waals surface area (Å²) in [7, 11) is 1.75. The van der Waals surface area contributed by atoms with E-state index in [0.29, 0.717) is 6.42 Å². The van der Waals surface area contributed by atoms with Crippen LogP contribution in [-0.2, 0) is 0 Å². The van der Waals surface area contributed by atoms with Crippen molar-refractivity contribution in [2.75, 3.05) is 7.05 Å². The van der Waals surface area contributed by atoms with Crippen molar-refractivity contribution < 1.29 is 4.39 Å². The molecule has 0 aliphatic carbocycles. The smallest absolute Gasteiger partial charge is 0.119 e. The molecule has 46 valence electrons. The first kappa shape index (κ1) is 5.89. The van der Waals surface area contributed by atoms with E-state index < -0.39 is 0 Å². The third kappa shape index (κ3) is 0.944. The van der Waals surface area contributed by atoms with E-state index in [2.05, 4.69) is 0 Å². The molecule has 0 aromatic heterocycles. The fourth-order valence-corrected chi connectivity index (χ4v) is 0.863. The summed E-state index contributed by atoms with van der Waals surface area (Å²) in [5.74, 6) is -0.132. The van der Waals surface area contributed by atoms with Gasteiger partial charge in [0.2, 0.25) is 0 Å². The first-order valence-corrected chi connectivity index (χ1v) is 2.86. The number of rotatable bonds is 0. The van der Waals surface area contributed by atoms with Crippen molar-refractivity contribution >= 4 is 11.6 Å². The second kappa shape index (κ2) is 1.94. The van der Waals surface area contributed by atoms with Gasteiger partial charge in [0, 0.05) is 19.7 Å². The molecule has 8 heavy (non-hydrogen) atoms. The van der Waals surface area contributed by atoms with Gasteiger partial charge >= 0.3 is 0 Å². The lowest BCUT2D eigenvalue weighted by Gasteiger charge is -2.10. The Balaban J connectivity index is 2.56. The molecule has 1 nitrogen and oxygen atoms in total. The summed E-state index contributed by atoms with van der Waals surface area (Å²) in [4.78, 5) is 1.65. The first-order valence-electron chi connectivity index (χ1n) is 2.42. The van der Waals surface area contributed by atoms with E-state index in [0.717, 1.165) is 0 Å². The summed E-state index contributed by atoms with van der Waals surface area (Å²) in [6.07, 6.45) is 1.76. The highest BCUT2D eigenvalue weighted by Crippen LogP contribution is 2.22. The zero-order valence-corrected chi connectivity index (χ0v) is 5.32. The summed E-state index contributed by atoms with van der Waals surface area (Å²) >= 11 is 5.59. The predicted molar refractivity (Wildman–Crippen MR) is 31.2 cm³/mol. The normalized spacial score (nSPS) is 28.6. The van der Waals surface area contributed by atoms with Crippen LogP contribution < -0.4 is 0 Å². The van der Waals surface area contributed by atoms with Gasteiger partial charge in [-0.3, -0.25) is 0 Å². The highest BCUT2D eigenvalue weighted by Gasteiger charge is 2.17. The second-order valence-corrected chi connectivity index (χ2v) is 2.38. The van der Waals surface area contributed by atoms with Crippen molar-refractivity contribution in [3.8, 4) is 0 Å². The standard InChI is InChI=1S/C5H7ClFN/c1-8-3-4(7)2-5(8)6/h3,5H,2H2,1H3. The van der Waals surface area contributed by atoms with Gasteiger partial charge in [-0.2, -0.15) is 0 Å². The maximum Gasteiger partial charge on any atom is 0.119 e. The summed E-state index contributed by atoms with van der Waals surface area (Å²) in [6, 6.07) is 0. The zero-order valence-electron chi connectivity index (χ0n) is 4.56. The molecule has 0 spiro atoms. The molecule has 0 amide bonds.